The maximum absolute atomic E-state index is 3.69. The van der Waals surface area contributed by atoms with Crippen LogP contribution in [0.15, 0.2) is 18.5 Å². The van der Waals surface area contributed by atoms with Crippen LogP contribution in [0, 0.1) is 0 Å². The molecule has 2 atom stereocenters. The maximum atomic E-state index is 3.69. The summed E-state index contributed by atoms with van der Waals surface area (Å²) in [5.41, 5.74) is 1.42. The van der Waals surface area contributed by atoms with E-state index in [1.807, 2.05) is 11.8 Å². The minimum Gasteiger partial charge on any atom is -0.354 e. The van der Waals surface area contributed by atoms with Gasteiger partial charge in [-0.1, -0.05) is 6.92 Å². The lowest BCUT2D eigenvalue weighted by molar-refractivity contribution is 0.524. The average Bonchev–Trinajstić information content (AvgIpc) is 2.95. The van der Waals surface area contributed by atoms with Gasteiger partial charge in [0.15, 0.2) is 0 Å². The highest BCUT2D eigenvalue weighted by Gasteiger charge is 2.23. The van der Waals surface area contributed by atoms with Gasteiger partial charge in [0.05, 0.1) is 0 Å². The summed E-state index contributed by atoms with van der Waals surface area (Å²) in [6, 6.07) is 2.98. The summed E-state index contributed by atoms with van der Waals surface area (Å²) in [4.78, 5) is 0. The second-order valence-corrected chi connectivity index (χ2v) is 6.14. The molecule has 2 rings (SSSR count). The van der Waals surface area contributed by atoms with Gasteiger partial charge in [0.25, 0.3) is 0 Å². The summed E-state index contributed by atoms with van der Waals surface area (Å²) in [6.07, 6.45) is 12.0. The van der Waals surface area contributed by atoms with Gasteiger partial charge >= 0.3 is 0 Å². The van der Waals surface area contributed by atoms with Gasteiger partial charge in [-0.3, -0.25) is 0 Å². The summed E-state index contributed by atoms with van der Waals surface area (Å²) < 4.78 is 2.29. The minimum absolute atomic E-state index is 0.738. The van der Waals surface area contributed by atoms with E-state index in [2.05, 4.69) is 41.5 Å². The SMILES string of the molecule is CCCn1ccc(CNC2CCC(SC)C2)c1. The van der Waals surface area contributed by atoms with Crippen LogP contribution < -0.4 is 5.32 Å². The van der Waals surface area contributed by atoms with Crippen LogP contribution in [0.2, 0.25) is 0 Å². The second-order valence-electron chi connectivity index (χ2n) is 5.01. The molecule has 0 aliphatic heterocycles. The Balaban J connectivity index is 1.74. The van der Waals surface area contributed by atoms with E-state index in [4.69, 9.17) is 0 Å². The van der Waals surface area contributed by atoms with E-state index in [1.54, 1.807) is 0 Å². The van der Waals surface area contributed by atoms with Crippen molar-refractivity contribution in [1.82, 2.24) is 9.88 Å². The Morgan fingerprint density at radius 1 is 1.47 bits per heavy atom. The normalized spacial score (nSPS) is 24.4. The summed E-state index contributed by atoms with van der Waals surface area (Å²) in [5.74, 6) is 0. The van der Waals surface area contributed by atoms with Crippen LogP contribution in [-0.4, -0.2) is 22.1 Å². The topological polar surface area (TPSA) is 17.0 Å². The molecule has 1 aliphatic carbocycles. The number of thioether (sulfide) groups is 1. The van der Waals surface area contributed by atoms with Crippen molar-refractivity contribution in [2.24, 2.45) is 0 Å². The molecule has 0 aromatic carbocycles. The molecule has 1 aliphatic rings. The first-order valence-corrected chi connectivity index (χ1v) is 8.01. The molecule has 1 aromatic heterocycles. The number of aryl methyl sites for hydroxylation is 1. The Labute approximate surface area is 109 Å². The van der Waals surface area contributed by atoms with Crippen molar-refractivity contribution in [2.45, 2.75) is 57.0 Å². The van der Waals surface area contributed by atoms with E-state index < -0.39 is 0 Å². The van der Waals surface area contributed by atoms with E-state index in [0.717, 1.165) is 24.4 Å². The molecule has 0 radical (unpaired) electrons. The van der Waals surface area contributed by atoms with Crippen LogP contribution in [0.25, 0.3) is 0 Å². The van der Waals surface area contributed by atoms with Gasteiger partial charge in [-0.05, 0) is 43.6 Å². The third-order valence-corrected chi connectivity index (χ3v) is 4.70. The van der Waals surface area contributed by atoms with Crippen molar-refractivity contribution in [2.75, 3.05) is 6.26 Å². The predicted octanol–water partition coefficient (Wildman–Crippen LogP) is 3.27. The van der Waals surface area contributed by atoms with Crippen LogP contribution in [0.5, 0.6) is 0 Å². The van der Waals surface area contributed by atoms with Crippen molar-refractivity contribution < 1.29 is 0 Å². The smallest absolute Gasteiger partial charge is 0.0223 e. The molecule has 1 heterocycles. The van der Waals surface area contributed by atoms with E-state index in [0.29, 0.717) is 0 Å². The molecule has 2 unspecified atom stereocenters. The van der Waals surface area contributed by atoms with Gasteiger partial charge in [0.2, 0.25) is 0 Å². The molecule has 17 heavy (non-hydrogen) atoms. The summed E-state index contributed by atoms with van der Waals surface area (Å²) in [6.45, 7) is 4.39. The fourth-order valence-corrected chi connectivity index (χ4v) is 3.39. The Morgan fingerprint density at radius 3 is 3.06 bits per heavy atom. The summed E-state index contributed by atoms with van der Waals surface area (Å²) in [5, 5.41) is 4.58. The number of aromatic nitrogens is 1. The molecule has 1 N–H and O–H groups in total. The van der Waals surface area contributed by atoms with Crippen LogP contribution in [-0.2, 0) is 13.1 Å². The number of nitrogens with one attached hydrogen (secondary N) is 1. The molecule has 96 valence electrons. The molecule has 0 amide bonds. The van der Waals surface area contributed by atoms with Crippen LogP contribution in [0.4, 0.5) is 0 Å². The Kier molecular flexibility index (Phi) is 4.99. The van der Waals surface area contributed by atoms with Crippen LogP contribution >= 0.6 is 11.8 Å². The van der Waals surface area contributed by atoms with Crippen LogP contribution in [0.3, 0.4) is 0 Å². The van der Waals surface area contributed by atoms with Crippen molar-refractivity contribution in [1.29, 1.82) is 0 Å². The Morgan fingerprint density at radius 2 is 2.35 bits per heavy atom. The van der Waals surface area contributed by atoms with E-state index in [-0.39, 0.29) is 0 Å². The number of hydrogen-bond donors (Lipinski definition) is 1. The van der Waals surface area contributed by atoms with Crippen molar-refractivity contribution in [3.8, 4) is 0 Å². The van der Waals surface area contributed by atoms with Gasteiger partial charge in [0.1, 0.15) is 0 Å². The van der Waals surface area contributed by atoms with Gasteiger partial charge in [-0.2, -0.15) is 11.8 Å². The fraction of sp³-hybridized carbons (Fsp3) is 0.714. The molecule has 3 heteroatoms. The molecular weight excluding hydrogens is 228 g/mol. The highest BCUT2D eigenvalue weighted by Crippen LogP contribution is 2.28. The largest absolute Gasteiger partial charge is 0.354 e. The third kappa shape index (κ3) is 3.78. The van der Waals surface area contributed by atoms with Crippen molar-refractivity contribution in [3.63, 3.8) is 0 Å². The number of nitrogens with zero attached hydrogens (tertiary/aromatic N) is 1. The zero-order valence-corrected chi connectivity index (χ0v) is 11.8. The Hall–Kier alpha value is -0.410. The zero-order chi connectivity index (χ0) is 12.1. The molecule has 1 fully saturated rings. The zero-order valence-electron chi connectivity index (χ0n) is 11.0. The third-order valence-electron chi connectivity index (χ3n) is 3.61. The summed E-state index contributed by atoms with van der Waals surface area (Å²) in [7, 11) is 0. The predicted molar refractivity (Wildman–Crippen MR) is 76.5 cm³/mol. The monoisotopic (exact) mass is 252 g/mol. The lowest BCUT2D eigenvalue weighted by atomic mass is 10.2. The quantitative estimate of drug-likeness (QED) is 0.837. The van der Waals surface area contributed by atoms with E-state index >= 15 is 0 Å². The molecule has 0 saturated heterocycles. The Bertz CT molecular complexity index is 335. The minimum atomic E-state index is 0.738. The molecule has 0 spiro atoms. The van der Waals surface area contributed by atoms with Gasteiger partial charge in [-0.25, -0.2) is 0 Å². The first kappa shape index (κ1) is 13.0. The van der Waals surface area contributed by atoms with E-state index in [1.165, 1.54) is 31.2 Å². The lowest BCUT2D eigenvalue weighted by Crippen LogP contribution is -2.25. The molecular formula is C14H24N2S. The van der Waals surface area contributed by atoms with Gasteiger partial charge < -0.3 is 9.88 Å². The van der Waals surface area contributed by atoms with Gasteiger partial charge in [-0.15, -0.1) is 0 Å². The van der Waals surface area contributed by atoms with E-state index in [9.17, 15) is 0 Å². The van der Waals surface area contributed by atoms with Crippen molar-refractivity contribution >= 4 is 11.8 Å². The number of rotatable bonds is 6. The molecule has 0 bridgehead atoms. The first-order valence-electron chi connectivity index (χ1n) is 6.72. The standard InChI is InChI=1S/C14H24N2S/c1-3-7-16-8-6-12(11-16)10-15-13-4-5-14(9-13)17-2/h6,8,11,13-15H,3-5,7,9-10H2,1-2H3. The highest BCUT2D eigenvalue weighted by molar-refractivity contribution is 7.99. The molecule has 1 saturated carbocycles. The first-order chi connectivity index (χ1) is 8.31. The maximum Gasteiger partial charge on any atom is 0.0223 e. The summed E-state index contributed by atoms with van der Waals surface area (Å²) >= 11 is 2.02. The lowest BCUT2D eigenvalue weighted by Gasteiger charge is -2.11. The van der Waals surface area contributed by atoms with Crippen molar-refractivity contribution in [3.05, 3.63) is 24.0 Å². The van der Waals surface area contributed by atoms with Crippen LogP contribution in [0.1, 0.15) is 38.2 Å². The average molecular weight is 252 g/mol. The second kappa shape index (κ2) is 6.50. The molecule has 2 nitrogen and oxygen atoms in total. The van der Waals surface area contributed by atoms with Gasteiger partial charge in [0, 0.05) is 36.8 Å². The number of hydrogen-bond acceptors (Lipinski definition) is 2. The fourth-order valence-electron chi connectivity index (χ4n) is 2.59. The molecule has 1 aromatic rings. The highest BCUT2D eigenvalue weighted by atomic mass is 32.2.